The number of ketones is 1. The summed E-state index contributed by atoms with van der Waals surface area (Å²) in [6.45, 7) is 0. The summed E-state index contributed by atoms with van der Waals surface area (Å²) in [6, 6.07) is 8.42. The summed E-state index contributed by atoms with van der Waals surface area (Å²) in [5.74, 6) is -0.544. The van der Waals surface area contributed by atoms with Gasteiger partial charge in [-0.05, 0) is 30.3 Å². The molecule has 20 heavy (non-hydrogen) atoms. The van der Waals surface area contributed by atoms with E-state index in [9.17, 15) is 18.0 Å². The van der Waals surface area contributed by atoms with Crippen LogP contribution >= 0.6 is 11.6 Å². The van der Waals surface area contributed by atoms with Gasteiger partial charge in [0.05, 0.1) is 16.3 Å². The number of nitrogens with two attached hydrogens (primary N) is 1. The molecule has 104 valence electrons. The molecule has 2 aromatic carbocycles. The van der Waals surface area contributed by atoms with Gasteiger partial charge in [-0.3, -0.25) is 4.79 Å². The Morgan fingerprint density at radius 1 is 1.05 bits per heavy atom. The Bertz CT molecular complexity index is 668. The van der Waals surface area contributed by atoms with Gasteiger partial charge in [0, 0.05) is 11.1 Å². The summed E-state index contributed by atoms with van der Waals surface area (Å²) in [5.41, 5.74) is 5.07. The standard InChI is InChI=1S/C14H9ClF3NO/c15-11-7-9(4-5-12(11)19)13(20)8-2-1-3-10(6-8)14(16,17)18/h1-7H,19H2. The summed E-state index contributed by atoms with van der Waals surface area (Å²) in [5, 5.41) is 0.183. The molecule has 2 aromatic rings. The van der Waals surface area contributed by atoms with Crippen molar-refractivity contribution in [3.05, 3.63) is 64.2 Å². The molecule has 0 spiro atoms. The van der Waals surface area contributed by atoms with Crippen LogP contribution in [0.5, 0.6) is 0 Å². The lowest BCUT2D eigenvalue weighted by molar-refractivity contribution is -0.137. The molecule has 0 aromatic heterocycles. The summed E-state index contributed by atoms with van der Waals surface area (Å²) >= 11 is 5.79. The first-order chi connectivity index (χ1) is 9.29. The Morgan fingerprint density at radius 3 is 2.30 bits per heavy atom. The van der Waals surface area contributed by atoms with E-state index in [0.29, 0.717) is 5.69 Å². The van der Waals surface area contributed by atoms with Crippen molar-refractivity contribution in [3.63, 3.8) is 0 Å². The van der Waals surface area contributed by atoms with Crippen LogP contribution in [0.1, 0.15) is 21.5 Å². The first-order valence-corrected chi connectivity index (χ1v) is 5.94. The van der Waals surface area contributed by atoms with Crippen LogP contribution in [0.2, 0.25) is 5.02 Å². The van der Waals surface area contributed by atoms with Crippen molar-refractivity contribution in [1.29, 1.82) is 0 Å². The molecule has 0 aliphatic carbocycles. The van der Waals surface area contributed by atoms with Gasteiger partial charge in [-0.25, -0.2) is 0 Å². The number of nitrogen functional groups attached to an aromatic ring is 1. The van der Waals surface area contributed by atoms with Crippen LogP contribution in [0.15, 0.2) is 42.5 Å². The average Bonchev–Trinajstić information content (AvgIpc) is 2.40. The molecule has 2 N–H and O–H groups in total. The smallest absolute Gasteiger partial charge is 0.398 e. The number of benzene rings is 2. The maximum absolute atomic E-state index is 12.6. The molecule has 0 bridgehead atoms. The number of anilines is 1. The lowest BCUT2D eigenvalue weighted by Gasteiger charge is -2.08. The zero-order valence-electron chi connectivity index (χ0n) is 10.0. The number of rotatable bonds is 2. The fourth-order valence-electron chi connectivity index (χ4n) is 1.67. The van der Waals surface area contributed by atoms with E-state index < -0.39 is 17.5 Å². The molecule has 0 aliphatic rings. The lowest BCUT2D eigenvalue weighted by atomic mass is 10.0. The monoisotopic (exact) mass is 299 g/mol. The molecule has 0 unspecified atom stereocenters. The molecule has 0 atom stereocenters. The second-order valence-corrected chi connectivity index (χ2v) is 4.55. The molecule has 0 amide bonds. The van der Waals surface area contributed by atoms with Gasteiger partial charge in [0.1, 0.15) is 0 Å². The maximum atomic E-state index is 12.6. The number of halogens is 4. The molecule has 0 fully saturated rings. The van der Waals surface area contributed by atoms with E-state index in [1.807, 2.05) is 0 Å². The predicted octanol–water partition coefficient (Wildman–Crippen LogP) is 4.17. The fourth-order valence-corrected chi connectivity index (χ4v) is 1.85. The van der Waals surface area contributed by atoms with Crippen LogP contribution in [0.25, 0.3) is 0 Å². The van der Waals surface area contributed by atoms with Gasteiger partial charge in [0.2, 0.25) is 0 Å². The van der Waals surface area contributed by atoms with Gasteiger partial charge in [-0.1, -0.05) is 23.7 Å². The molecule has 0 saturated carbocycles. The van der Waals surface area contributed by atoms with Crippen molar-refractivity contribution < 1.29 is 18.0 Å². The number of alkyl halides is 3. The second kappa shape index (κ2) is 5.17. The summed E-state index contributed by atoms with van der Waals surface area (Å²) < 4.78 is 37.8. The summed E-state index contributed by atoms with van der Waals surface area (Å²) in [6.07, 6.45) is -4.49. The highest BCUT2D eigenvalue weighted by Crippen LogP contribution is 2.30. The third-order valence-electron chi connectivity index (χ3n) is 2.71. The van der Waals surface area contributed by atoms with Crippen LogP contribution in [0, 0.1) is 0 Å². The normalized spacial score (nSPS) is 11.4. The number of carbonyl (C=O) groups is 1. The second-order valence-electron chi connectivity index (χ2n) is 4.14. The van der Waals surface area contributed by atoms with Crippen LogP contribution < -0.4 is 5.73 Å². The predicted molar refractivity (Wildman–Crippen MR) is 70.7 cm³/mol. The third-order valence-corrected chi connectivity index (χ3v) is 3.04. The molecule has 0 saturated heterocycles. The Kier molecular flexibility index (Phi) is 3.72. The molecule has 0 heterocycles. The quantitative estimate of drug-likeness (QED) is 0.668. The first-order valence-electron chi connectivity index (χ1n) is 5.56. The fraction of sp³-hybridized carbons (Fsp3) is 0.0714. The minimum absolute atomic E-state index is 0.0549. The van der Waals surface area contributed by atoms with Gasteiger partial charge in [-0.15, -0.1) is 0 Å². The van der Waals surface area contributed by atoms with Crippen molar-refractivity contribution in [2.45, 2.75) is 6.18 Å². The van der Waals surface area contributed by atoms with Gasteiger partial charge >= 0.3 is 6.18 Å². The average molecular weight is 300 g/mol. The number of hydrogen-bond acceptors (Lipinski definition) is 2. The zero-order chi connectivity index (χ0) is 14.9. The number of hydrogen-bond donors (Lipinski definition) is 1. The van der Waals surface area contributed by atoms with Crippen molar-refractivity contribution in [2.75, 3.05) is 5.73 Å². The van der Waals surface area contributed by atoms with Crippen LogP contribution in [0.4, 0.5) is 18.9 Å². The molecular formula is C14H9ClF3NO. The van der Waals surface area contributed by atoms with Gasteiger partial charge < -0.3 is 5.73 Å². The van der Waals surface area contributed by atoms with Gasteiger partial charge in [0.25, 0.3) is 0 Å². The molecule has 0 aliphatic heterocycles. The molecule has 2 nitrogen and oxygen atoms in total. The Morgan fingerprint density at radius 2 is 1.70 bits per heavy atom. The Balaban J connectivity index is 2.41. The van der Waals surface area contributed by atoms with Crippen LogP contribution in [-0.4, -0.2) is 5.78 Å². The molecule has 2 rings (SSSR count). The van der Waals surface area contributed by atoms with E-state index in [4.69, 9.17) is 17.3 Å². The van der Waals surface area contributed by atoms with E-state index in [1.165, 1.54) is 30.3 Å². The highest BCUT2D eigenvalue weighted by molar-refractivity contribution is 6.33. The van der Waals surface area contributed by atoms with Crippen molar-refractivity contribution in [3.8, 4) is 0 Å². The lowest BCUT2D eigenvalue weighted by Crippen LogP contribution is -2.08. The largest absolute Gasteiger partial charge is 0.416 e. The zero-order valence-corrected chi connectivity index (χ0v) is 10.8. The van der Waals surface area contributed by atoms with Crippen molar-refractivity contribution >= 4 is 23.1 Å². The third kappa shape index (κ3) is 2.93. The number of carbonyl (C=O) groups excluding carboxylic acids is 1. The van der Waals surface area contributed by atoms with E-state index in [1.54, 1.807) is 0 Å². The van der Waals surface area contributed by atoms with Gasteiger partial charge in [0.15, 0.2) is 5.78 Å². The van der Waals surface area contributed by atoms with E-state index >= 15 is 0 Å². The summed E-state index contributed by atoms with van der Waals surface area (Å²) in [4.78, 5) is 12.1. The van der Waals surface area contributed by atoms with Crippen molar-refractivity contribution in [1.82, 2.24) is 0 Å². The first kappa shape index (κ1) is 14.4. The minimum Gasteiger partial charge on any atom is -0.398 e. The SMILES string of the molecule is Nc1ccc(C(=O)c2cccc(C(F)(F)F)c2)cc1Cl. The molecule has 0 radical (unpaired) electrons. The maximum Gasteiger partial charge on any atom is 0.416 e. The van der Waals surface area contributed by atoms with E-state index in [2.05, 4.69) is 0 Å². The Labute approximate surface area is 118 Å². The summed E-state index contributed by atoms with van der Waals surface area (Å²) in [7, 11) is 0. The highest BCUT2D eigenvalue weighted by Gasteiger charge is 2.30. The van der Waals surface area contributed by atoms with Crippen LogP contribution in [-0.2, 0) is 6.18 Å². The van der Waals surface area contributed by atoms with Crippen LogP contribution in [0.3, 0.4) is 0 Å². The Hall–Kier alpha value is -2.01. The molecular weight excluding hydrogens is 291 g/mol. The topological polar surface area (TPSA) is 43.1 Å². The van der Waals surface area contributed by atoms with Crippen molar-refractivity contribution in [2.24, 2.45) is 0 Å². The highest BCUT2D eigenvalue weighted by atomic mass is 35.5. The minimum atomic E-state index is -4.49. The van der Waals surface area contributed by atoms with E-state index in [0.717, 1.165) is 12.1 Å². The van der Waals surface area contributed by atoms with E-state index in [-0.39, 0.29) is 16.1 Å². The van der Waals surface area contributed by atoms with Gasteiger partial charge in [-0.2, -0.15) is 13.2 Å². The molecule has 6 heteroatoms.